The largest absolute Gasteiger partial charge is 0.485 e. The summed E-state index contributed by atoms with van der Waals surface area (Å²) in [6.07, 6.45) is 0. The highest BCUT2D eigenvalue weighted by Gasteiger charge is 2.29. The predicted octanol–water partition coefficient (Wildman–Crippen LogP) is 1.76. The smallest absolute Gasteiger partial charge is 0.207 e. The van der Waals surface area contributed by atoms with Gasteiger partial charge in [0.2, 0.25) is 5.78 Å². The molecule has 1 aliphatic heterocycles. The van der Waals surface area contributed by atoms with E-state index in [1.807, 2.05) is 0 Å². The summed E-state index contributed by atoms with van der Waals surface area (Å²) in [6.45, 7) is 3.21. The van der Waals surface area contributed by atoms with Gasteiger partial charge in [-0.05, 0) is 19.9 Å². The zero-order chi connectivity index (χ0) is 13.3. The molecule has 0 atom stereocenters. The van der Waals surface area contributed by atoms with Crippen LogP contribution in [0.2, 0.25) is 0 Å². The lowest BCUT2D eigenvalue weighted by molar-refractivity contribution is 0.0498. The van der Waals surface area contributed by atoms with E-state index in [-0.39, 0.29) is 25.0 Å². The zero-order valence-electron chi connectivity index (χ0n) is 10.5. The number of rotatable bonds is 4. The highest BCUT2D eigenvalue weighted by atomic mass is 16.7. The lowest BCUT2D eigenvalue weighted by Gasteiger charge is -2.14. The van der Waals surface area contributed by atoms with Crippen molar-refractivity contribution >= 4 is 11.6 Å². The van der Waals surface area contributed by atoms with E-state index >= 15 is 0 Å². The maximum atomic E-state index is 11.8. The SMILES string of the molecule is COCOc1c(C)c(C(C)=O)cc2c1C(=O)CO2. The first-order chi connectivity index (χ1) is 8.56. The Morgan fingerprint density at radius 3 is 2.83 bits per heavy atom. The molecule has 1 aliphatic rings. The number of Topliss-reactive ketones (excluding diaryl/α,β-unsaturated/α-hetero) is 2. The third-order valence-electron chi connectivity index (χ3n) is 2.83. The van der Waals surface area contributed by atoms with Crippen LogP contribution in [0.5, 0.6) is 11.5 Å². The lowest BCUT2D eigenvalue weighted by atomic mass is 9.99. The number of methoxy groups -OCH3 is 1. The monoisotopic (exact) mass is 250 g/mol. The first-order valence-corrected chi connectivity index (χ1v) is 5.52. The van der Waals surface area contributed by atoms with Gasteiger partial charge in [-0.15, -0.1) is 0 Å². The number of benzene rings is 1. The molecule has 0 spiro atoms. The van der Waals surface area contributed by atoms with E-state index in [0.29, 0.717) is 28.2 Å². The molecule has 1 aromatic rings. The van der Waals surface area contributed by atoms with Crippen LogP contribution in [0.3, 0.4) is 0 Å². The van der Waals surface area contributed by atoms with Crippen LogP contribution in [0.15, 0.2) is 6.07 Å². The van der Waals surface area contributed by atoms with Gasteiger partial charge in [-0.25, -0.2) is 0 Å². The van der Waals surface area contributed by atoms with E-state index in [1.54, 1.807) is 13.0 Å². The Hall–Kier alpha value is -1.88. The highest BCUT2D eigenvalue weighted by Crippen LogP contribution is 2.38. The molecular weight excluding hydrogens is 236 g/mol. The zero-order valence-corrected chi connectivity index (χ0v) is 10.5. The van der Waals surface area contributed by atoms with Crippen molar-refractivity contribution in [2.45, 2.75) is 13.8 Å². The Balaban J connectivity index is 2.59. The molecule has 1 heterocycles. The molecule has 0 unspecified atom stereocenters. The van der Waals surface area contributed by atoms with Gasteiger partial charge in [0.1, 0.15) is 17.1 Å². The minimum absolute atomic E-state index is 0.0144. The van der Waals surface area contributed by atoms with Gasteiger partial charge in [0.25, 0.3) is 0 Å². The van der Waals surface area contributed by atoms with Crippen LogP contribution in [0.4, 0.5) is 0 Å². The third kappa shape index (κ3) is 1.97. The molecule has 0 aliphatic carbocycles. The summed E-state index contributed by atoms with van der Waals surface area (Å²) in [4.78, 5) is 23.3. The third-order valence-corrected chi connectivity index (χ3v) is 2.83. The van der Waals surface area contributed by atoms with Gasteiger partial charge in [-0.2, -0.15) is 0 Å². The first kappa shape index (κ1) is 12.6. The van der Waals surface area contributed by atoms with Crippen LogP contribution in [-0.2, 0) is 4.74 Å². The van der Waals surface area contributed by atoms with Crippen molar-refractivity contribution in [2.75, 3.05) is 20.5 Å². The van der Waals surface area contributed by atoms with Crippen molar-refractivity contribution in [3.8, 4) is 11.5 Å². The molecule has 5 nitrogen and oxygen atoms in total. The molecule has 0 saturated carbocycles. The summed E-state index contributed by atoms with van der Waals surface area (Å²) < 4.78 is 15.5. The maximum Gasteiger partial charge on any atom is 0.207 e. The average Bonchev–Trinajstić information content (AvgIpc) is 2.69. The normalized spacial score (nSPS) is 13.2. The lowest BCUT2D eigenvalue weighted by Crippen LogP contribution is -2.08. The topological polar surface area (TPSA) is 61.8 Å². The van der Waals surface area contributed by atoms with Gasteiger partial charge in [-0.3, -0.25) is 9.59 Å². The second-order valence-electron chi connectivity index (χ2n) is 4.07. The quantitative estimate of drug-likeness (QED) is 0.602. The highest BCUT2D eigenvalue weighted by molar-refractivity contribution is 6.07. The number of carbonyl (C=O) groups excluding carboxylic acids is 2. The molecule has 18 heavy (non-hydrogen) atoms. The average molecular weight is 250 g/mol. The summed E-state index contributed by atoms with van der Waals surface area (Å²) >= 11 is 0. The molecule has 2 rings (SSSR count). The molecule has 5 heteroatoms. The summed E-state index contributed by atoms with van der Waals surface area (Å²) in [5.41, 5.74) is 1.53. The van der Waals surface area contributed by atoms with Crippen molar-refractivity contribution < 1.29 is 23.8 Å². The summed E-state index contributed by atoms with van der Waals surface area (Å²) in [5.74, 6) is 0.541. The van der Waals surface area contributed by atoms with Crippen molar-refractivity contribution in [1.29, 1.82) is 0 Å². The van der Waals surface area contributed by atoms with E-state index in [1.165, 1.54) is 14.0 Å². The van der Waals surface area contributed by atoms with E-state index in [4.69, 9.17) is 14.2 Å². The minimum Gasteiger partial charge on any atom is -0.485 e. The molecule has 0 bridgehead atoms. The van der Waals surface area contributed by atoms with Gasteiger partial charge in [0.05, 0.1) is 0 Å². The molecule has 0 aromatic heterocycles. The number of fused-ring (bicyclic) bond motifs is 1. The summed E-state index contributed by atoms with van der Waals surface area (Å²) in [7, 11) is 1.49. The van der Waals surface area contributed by atoms with Crippen LogP contribution >= 0.6 is 0 Å². The van der Waals surface area contributed by atoms with Crippen LogP contribution < -0.4 is 9.47 Å². The van der Waals surface area contributed by atoms with Crippen molar-refractivity contribution in [3.63, 3.8) is 0 Å². The van der Waals surface area contributed by atoms with E-state index in [9.17, 15) is 9.59 Å². The van der Waals surface area contributed by atoms with Gasteiger partial charge in [0, 0.05) is 18.2 Å². The van der Waals surface area contributed by atoms with Gasteiger partial charge in [-0.1, -0.05) is 0 Å². The van der Waals surface area contributed by atoms with Crippen LogP contribution in [0.25, 0.3) is 0 Å². The molecule has 0 saturated heterocycles. The number of carbonyl (C=O) groups is 2. The molecule has 96 valence electrons. The second kappa shape index (κ2) is 4.78. The number of ketones is 2. The first-order valence-electron chi connectivity index (χ1n) is 5.52. The molecule has 0 N–H and O–H groups in total. The number of hydrogen-bond acceptors (Lipinski definition) is 5. The van der Waals surface area contributed by atoms with Gasteiger partial charge < -0.3 is 14.2 Å². The fraction of sp³-hybridized carbons (Fsp3) is 0.385. The molecule has 0 radical (unpaired) electrons. The standard InChI is InChI=1S/C13H14O5/c1-7-9(8(2)14)4-11-12(10(15)5-17-11)13(7)18-6-16-3/h4H,5-6H2,1-3H3. The second-order valence-corrected chi connectivity index (χ2v) is 4.07. The molecule has 1 aromatic carbocycles. The fourth-order valence-electron chi connectivity index (χ4n) is 1.99. The Morgan fingerprint density at radius 1 is 1.50 bits per heavy atom. The van der Waals surface area contributed by atoms with Crippen LogP contribution in [-0.4, -0.2) is 32.1 Å². The van der Waals surface area contributed by atoms with Crippen molar-refractivity contribution in [1.82, 2.24) is 0 Å². The summed E-state index contributed by atoms with van der Waals surface area (Å²) in [5, 5.41) is 0. The van der Waals surface area contributed by atoms with Crippen LogP contribution in [0, 0.1) is 6.92 Å². The molecular formula is C13H14O5. The Morgan fingerprint density at radius 2 is 2.22 bits per heavy atom. The van der Waals surface area contributed by atoms with E-state index in [0.717, 1.165) is 0 Å². The minimum atomic E-state index is -0.144. The number of ether oxygens (including phenoxy) is 3. The van der Waals surface area contributed by atoms with Crippen LogP contribution in [0.1, 0.15) is 33.2 Å². The van der Waals surface area contributed by atoms with E-state index < -0.39 is 0 Å². The Bertz CT molecular complexity index is 519. The van der Waals surface area contributed by atoms with Crippen molar-refractivity contribution in [3.05, 3.63) is 22.8 Å². The maximum absolute atomic E-state index is 11.8. The summed E-state index contributed by atoms with van der Waals surface area (Å²) in [6, 6.07) is 1.59. The number of hydrogen-bond donors (Lipinski definition) is 0. The van der Waals surface area contributed by atoms with Gasteiger partial charge in [0.15, 0.2) is 19.2 Å². The molecule has 0 amide bonds. The van der Waals surface area contributed by atoms with Gasteiger partial charge >= 0.3 is 0 Å². The molecule has 0 fully saturated rings. The predicted molar refractivity (Wildman–Crippen MR) is 63.5 cm³/mol. The van der Waals surface area contributed by atoms with Crippen molar-refractivity contribution in [2.24, 2.45) is 0 Å². The fourth-order valence-corrected chi connectivity index (χ4v) is 1.99. The Kier molecular flexibility index (Phi) is 3.34. The van der Waals surface area contributed by atoms with E-state index in [2.05, 4.69) is 0 Å². The Labute approximate surface area is 105 Å².